The van der Waals surface area contributed by atoms with E-state index >= 15 is 0 Å². The summed E-state index contributed by atoms with van der Waals surface area (Å²) >= 11 is 11.7. The molecule has 0 spiro atoms. The summed E-state index contributed by atoms with van der Waals surface area (Å²) in [4.78, 5) is 15.5. The van der Waals surface area contributed by atoms with Gasteiger partial charge < -0.3 is 5.32 Å². The van der Waals surface area contributed by atoms with Crippen LogP contribution in [0.5, 0.6) is 0 Å². The first-order valence-electron chi connectivity index (χ1n) is 4.60. The first-order chi connectivity index (χ1) is 7.60. The molecule has 2 rings (SSSR count). The molecule has 0 saturated carbocycles. The fraction of sp³-hybridized carbons (Fsp3) is 0.200. The van der Waals surface area contributed by atoms with Crippen molar-refractivity contribution in [1.29, 1.82) is 0 Å². The zero-order valence-corrected chi connectivity index (χ0v) is 9.93. The number of hydrogen-bond acceptors (Lipinski definition) is 2. The molecule has 1 atom stereocenters. The molecule has 1 aliphatic rings. The lowest BCUT2D eigenvalue weighted by Crippen LogP contribution is -2.24. The van der Waals surface area contributed by atoms with Gasteiger partial charge in [-0.25, -0.2) is 0 Å². The second kappa shape index (κ2) is 4.31. The largest absolute Gasteiger partial charge is 0.340 e. The third-order valence-electron chi connectivity index (χ3n) is 2.23. The van der Waals surface area contributed by atoms with Gasteiger partial charge in [0.25, 0.3) is 5.91 Å². The van der Waals surface area contributed by atoms with Gasteiger partial charge in [0.1, 0.15) is 6.04 Å². The Hall–Kier alpha value is -1.26. The van der Waals surface area contributed by atoms with E-state index in [4.69, 9.17) is 23.2 Å². The average molecular weight is 258 g/mol. The van der Waals surface area contributed by atoms with Gasteiger partial charge in [-0.2, -0.15) is 0 Å². The second-order valence-corrected chi connectivity index (χ2v) is 4.21. The minimum absolute atomic E-state index is 0.168. The SMILES string of the molecule is CN=C1NC(=O)C(c2cc(Cl)cc(Cl)c2)N1. The number of carbonyl (C=O) groups is 1. The lowest BCUT2D eigenvalue weighted by molar-refractivity contribution is -0.120. The fourth-order valence-corrected chi connectivity index (χ4v) is 2.07. The Labute approximate surface area is 103 Å². The fourth-order valence-electron chi connectivity index (χ4n) is 1.52. The summed E-state index contributed by atoms with van der Waals surface area (Å²) in [7, 11) is 1.59. The van der Waals surface area contributed by atoms with Crippen LogP contribution in [0.25, 0.3) is 0 Å². The van der Waals surface area contributed by atoms with Crippen molar-refractivity contribution in [3.8, 4) is 0 Å². The molecule has 1 aromatic carbocycles. The number of halogens is 2. The second-order valence-electron chi connectivity index (χ2n) is 3.34. The van der Waals surface area contributed by atoms with Crippen molar-refractivity contribution in [2.75, 3.05) is 7.05 Å². The van der Waals surface area contributed by atoms with Gasteiger partial charge in [0.2, 0.25) is 0 Å². The number of nitrogens with one attached hydrogen (secondary N) is 2. The van der Waals surface area contributed by atoms with Crippen LogP contribution in [0.1, 0.15) is 11.6 Å². The van der Waals surface area contributed by atoms with E-state index in [1.54, 1.807) is 25.2 Å². The highest BCUT2D eigenvalue weighted by atomic mass is 35.5. The first-order valence-corrected chi connectivity index (χ1v) is 5.36. The molecular formula is C10H9Cl2N3O. The van der Waals surface area contributed by atoms with Crippen LogP contribution >= 0.6 is 23.2 Å². The summed E-state index contributed by atoms with van der Waals surface area (Å²) < 4.78 is 0. The van der Waals surface area contributed by atoms with E-state index in [-0.39, 0.29) is 5.91 Å². The van der Waals surface area contributed by atoms with E-state index in [0.717, 1.165) is 0 Å². The van der Waals surface area contributed by atoms with E-state index in [1.807, 2.05) is 0 Å². The summed E-state index contributed by atoms with van der Waals surface area (Å²) in [5.41, 5.74) is 0.716. The minimum atomic E-state index is -0.491. The molecule has 1 fully saturated rings. The molecule has 16 heavy (non-hydrogen) atoms. The van der Waals surface area contributed by atoms with Crippen molar-refractivity contribution in [2.24, 2.45) is 4.99 Å². The highest BCUT2D eigenvalue weighted by molar-refractivity contribution is 6.34. The number of guanidine groups is 1. The monoisotopic (exact) mass is 257 g/mol. The third-order valence-corrected chi connectivity index (χ3v) is 2.66. The quantitative estimate of drug-likeness (QED) is 0.806. The molecule has 4 nitrogen and oxygen atoms in total. The van der Waals surface area contributed by atoms with E-state index in [1.165, 1.54) is 0 Å². The highest BCUT2D eigenvalue weighted by Gasteiger charge is 2.29. The molecule has 1 aromatic rings. The number of hydrogen-bond donors (Lipinski definition) is 2. The highest BCUT2D eigenvalue weighted by Crippen LogP contribution is 2.24. The lowest BCUT2D eigenvalue weighted by Gasteiger charge is -2.08. The smallest absolute Gasteiger partial charge is 0.253 e. The average Bonchev–Trinajstić information content (AvgIpc) is 2.58. The van der Waals surface area contributed by atoms with Crippen molar-refractivity contribution < 1.29 is 4.79 Å². The topological polar surface area (TPSA) is 53.5 Å². The van der Waals surface area contributed by atoms with Gasteiger partial charge in [-0.15, -0.1) is 0 Å². The summed E-state index contributed by atoms with van der Waals surface area (Å²) in [6.07, 6.45) is 0. The van der Waals surface area contributed by atoms with Gasteiger partial charge in [-0.3, -0.25) is 15.1 Å². The van der Waals surface area contributed by atoms with E-state index in [2.05, 4.69) is 15.6 Å². The number of rotatable bonds is 1. The van der Waals surface area contributed by atoms with Crippen molar-refractivity contribution in [1.82, 2.24) is 10.6 Å². The van der Waals surface area contributed by atoms with Gasteiger partial charge in [0, 0.05) is 17.1 Å². The summed E-state index contributed by atoms with van der Waals surface area (Å²) in [5, 5.41) is 6.54. The van der Waals surface area contributed by atoms with Crippen molar-refractivity contribution >= 4 is 35.1 Å². The Bertz CT molecular complexity index is 453. The summed E-state index contributed by atoms with van der Waals surface area (Å²) in [5.74, 6) is 0.282. The molecule has 2 N–H and O–H groups in total. The van der Waals surface area contributed by atoms with Gasteiger partial charge in [0.05, 0.1) is 0 Å². The molecule has 1 heterocycles. The predicted molar refractivity (Wildman–Crippen MR) is 63.8 cm³/mol. The molecule has 1 unspecified atom stereocenters. The molecule has 1 saturated heterocycles. The van der Waals surface area contributed by atoms with E-state index < -0.39 is 6.04 Å². The Morgan fingerprint density at radius 2 is 1.88 bits per heavy atom. The summed E-state index contributed by atoms with van der Waals surface area (Å²) in [6, 6.07) is 4.52. The van der Waals surface area contributed by atoms with Crippen LogP contribution in [-0.2, 0) is 4.79 Å². The number of carbonyl (C=O) groups excluding carboxylic acids is 1. The maximum atomic E-state index is 11.6. The minimum Gasteiger partial charge on any atom is -0.340 e. The molecule has 0 aromatic heterocycles. The van der Waals surface area contributed by atoms with Gasteiger partial charge in [-0.1, -0.05) is 23.2 Å². The Morgan fingerprint density at radius 1 is 1.25 bits per heavy atom. The first kappa shape index (κ1) is 11.2. The van der Waals surface area contributed by atoms with E-state index in [9.17, 15) is 4.79 Å². The van der Waals surface area contributed by atoms with Crippen LogP contribution in [0.2, 0.25) is 10.0 Å². The molecular weight excluding hydrogens is 249 g/mol. The lowest BCUT2D eigenvalue weighted by atomic mass is 10.1. The number of amides is 1. The molecule has 6 heteroatoms. The van der Waals surface area contributed by atoms with Crippen molar-refractivity contribution in [3.05, 3.63) is 33.8 Å². The molecule has 0 radical (unpaired) electrons. The molecule has 0 bridgehead atoms. The van der Waals surface area contributed by atoms with Gasteiger partial charge in [0.15, 0.2) is 5.96 Å². The number of nitrogens with zero attached hydrogens (tertiary/aromatic N) is 1. The van der Waals surface area contributed by atoms with Gasteiger partial charge in [-0.05, 0) is 23.8 Å². The van der Waals surface area contributed by atoms with Crippen LogP contribution in [-0.4, -0.2) is 18.9 Å². The van der Waals surface area contributed by atoms with Crippen molar-refractivity contribution in [2.45, 2.75) is 6.04 Å². The van der Waals surface area contributed by atoms with Crippen LogP contribution in [0.15, 0.2) is 23.2 Å². The van der Waals surface area contributed by atoms with Crippen LogP contribution in [0, 0.1) is 0 Å². The number of benzene rings is 1. The van der Waals surface area contributed by atoms with Crippen LogP contribution in [0.3, 0.4) is 0 Å². The maximum absolute atomic E-state index is 11.6. The zero-order chi connectivity index (χ0) is 11.7. The van der Waals surface area contributed by atoms with Crippen molar-refractivity contribution in [3.63, 3.8) is 0 Å². The Kier molecular flexibility index (Phi) is 3.03. The zero-order valence-electron chi connectivity index (χ0n) is 8.42. The van der Waals surface area contributed by atoms with E-state index in [0.29, 0.717) is 21.6 Å². The maximum Gasteiger partial charge on any atom is 0.253 e. The normalized spacial score (nSPS) is 22.1. The third kappa shape index (κ3) is 2.13. The van der Waals surface area contributed by atoms with Crippen LogP contribution < -0.4 is 10.6 Å². The Morgan fingerprint density at radius 3 is 2.38 bits per heavy atom. The molecule has 1 aliphatic heterocycles. The molecule has 1 amide bonds. The van der Waals surface area contributed by atoms with Crippen LogP contribution in [0.4, 0.5) is 0 Å². The molecule has 84 valence electrons. The number of aliphatic imine (C=N–C) groups is 1. The Balaban J connectivity index is 2.34. The predicted octanol–water partition coefficient (Wildman–Crippen LogP) is 1.74. The van der Waals surface area contributed by atoms with Gasteiger partial charge >= 0.3 is 0 Å². The molecule has 0 aliphatic carbocycles. The summed E-state index contributed by atoms with van der Waals surface area (Å²) in [6.45, 7) is 0. The standard InChI is InChI=1S/C10H9Cl2N3O/c1-13-10-14-8(9(16)15-10)5-2-6(11)4-7(12)3-5/h2-4,8H,1H3,(H2,13,14,15,16).